The monoisotopic (exact) mass is 267 g/mol. The third kappa shape index (κ3) is 5.41. The highest BCUT2D eigenvalue weighted by Gasteiger charge is 2.24. The average molecular weight is 268 g/mol. The molecule has 0 amide bonds. The molecule has 0 aromatic heterocycles. The highest BCUT2D eigenvalue weighted by Crippen LogP contribution is 2.29. The van der Waals surface area contributed by atoms with Gasteiger partial charge in [0.05, 0.1) is 0 Å². The standard InChI is InChI=1S/C16H26ClN/c1-12(2)18-11-14(16(3,4)5)10-13-6-8-15(17)9-7-13/h6-9,12,14,18H,10-11H2,1-5H3. The topological polar surface area (TPSA) is 12.0 Å². The van der Waals surface area contributed by atoms with E-state index in [9.17, 15) is 0 Å². The van der Waals surface area contributed by atoms with Crippen LogP contribution in [0.1, 0.15) is 40.2 Å². The number of rotatable bonds is 5. The highest BCUT2D eigenvalue weighted by atomic mass is 35.5. The molecule has 0 aliphatic heterocycles. The summed E-state index contributed by atoms with van der Waals surface area (Å²) >= 11 is 5.93. The van der Waals surface area contributed by atoms with Crippen LogP contribution in [0.3, 0.4) is 0 Å². The third-order valence-corrected chi connectivity index (χ3v) is 3.64. The summed E-state index contributed by atoms with van der Waals surface area (Å²) in [6, 6.07) is 8.77. The molecule has 102 valence electrons. The molecule has 0 aliphatic carbocycles. The van der Waals surface area contributed by atoms with E-state index in [0.29, 0.717) is 17.4 Å². The van der Waals surface area contributed by atoms with E-state index in [0.717, 1.165) is 18.0 Å². The van der Waals surface area contributed by atoms with Crippen LogP contribution in [0.5, 0.6) is 0 Å². The van der Waals surface area contributed by atoms with E-state index in [4.69, 9.17) is 11.6 Å². The molecule has 1 nitrogen and oxygen atoms in total. The number of benzene rings is 1. The molecule has 1 rings (SSSR count). The van der Waals surface area contributed by atoms with Crippen molar-refractivity contribution < 1.29 is 0 Å². The Bertz CT molecular complexity index is 348. The molecular weight excluding hydrogens is 242 g/mol. The van der Waals surface area contributed by atoms with E-state index in [1.54, 1.807) is 0 Å². The van der Waals surface area contributed by atoms with Gasteiger partial charge in [-0.15, -0.1) is 0 Å². The molecule has 1 aromatic rings. The normalized spacial score (nSPS) is 13.9. The lowest BCUT2D eigenvalue weighted by Crippen LogP contribution is -2.36. The maximum Gasteiger partial charge on any atom is 0.0406 e. The van der Waals surface area contributed by atoms with Gasteiger partial charge in [-0.2, -0.15) is 0 Å². The minimum absolute atomic E-state index is 0.307. The lowest BCUT2D eigenvalue weighted by Gasteiger charge is -2.32. The number of hydrogen-bond acceptors (Lipinski definition) is 1. The van der Waals surface area contributed by atoms with Crippen molar-refractivity contribution in [3.05, 3.63) is 34.9 Å². The Hall–Kier alpha value is -0.530. The van der Waals surface area contributed by atoms with E-state index in [1.165, 1.54) is 5.56 Å². The largest absolute Gasteiger partial charge is 0.314 e. The average Bonchev–Trinajstić information content (AvgIpc) is 2.24. The van der Waals surface area contributed by atoms with Crippen LogP contribution in [0.25, 0.3) is 0 Å². The number of halogens is 1. The van der Waals surface area contributed by atoms with E-state index >= 15 is 0 Å². The first kappa shape index (κ1) is 15.5. The van der Waals surface area contributed by atoms with Crippen LogP contribution in [0, 0.1) is 11.3 Å². The van der Waals surface area contributed by atoms with Crippen LogP contribution >= 0.6 is 11.6 Å². The molecule has 0 fully saturated rings. The summed E-state index contributed by atoms with van der Waals surface area (Å²) in [6.07, 6.45) is 1.10. The molecule has 0 radical (unpaired) electrons. The SMILES string of the molecule is CC(C)NCC(Cc1ccc(Cl)cc1)C(C)(C)C. The van der Waals surface area contributed by atoms with Crippen LogP contribution in [0.4, 0.5) is 0 Å². The Balaban J connectivity index is 2.69. The van der Waals surface area contributed by atoms with Crippen LogP contribution in [-0.2, 0) is 6.42 Å². The molecule has 1 N–H and O–H groups in total. The molecule has 2 heteroatoms. The molecule has 0 spiro atoms. The van der Waals surface area contributed by atoms with Crippen molar-refractivity contribution in [2.24, 2.45) is 11.3 Å². The number of hydrogen-bond donors (Lipinski definition) is 1. The Morgan fingerprint density at radius 3 is 2.11 bits per heavy atom. The molecule has 1 atom stereocenters. The molecule has 0 saturated carbocycles. The maximum absolute atomic E-state index is 5.93. The first-order valence-corrected chi connectivity index (χ1v) is 7.14. The summed E-state index contributed by atoms with van der Waals surface area (Å²) in [4.78, 5) is 0. The summed E-state index contributed by atoms with van der Waals surface area (Å²) in [6.45, 7) is 12.4. The second-order valence-electron chi connectivity index (χ2n) is 6.46. The third-order valence-electron chi connectivity index (χ3n) is 3.39. The molecule has 0 heterocycles. The summed E-state index contributed by atoms with van der Waals surface area (Å²) in [5.74, 6) is 0.626. The highest BCUT2D eigenvalue weighted by molar-refractivity contribution is 6.30. The van der Waals surface area contributed by atoms with Gasteiger partial charge in [-0.05, 0) is 42.0 Å². The van der Waals surface area contributed by atoms with Gasteiger partial charge >= 0.3 is 0 Å². The Morgan fingerprint density at radius 2 is 1.67 bits per heavy atom. The maximum atomic E-state index is 5.93. The van der Waals surface area contributed by atoms with Crippen molar-refractivity contribution in [1.82, 2.24) is 5.32 Å². The zero-order valence-corrected chi connectivity index (χ0v) is 13.0. The fraction of sp³-hybridized carbons (Fsp3) is 0.625. The fourth-order valence-corrected chi connectivity index (χ4v) is 2.09. The molecule has 0 saturated heterocycles. The quantitative estimate of drug-likeness (QED) is 0.826. The Kier molecular flexibility index (Phi) is 5.68. The van der Waals surface area contributed by atoms with Crippen LogP contribution in [-0.4, -0.2) is 12.6 Å². The van der Waals surface area contributed by atoms with Crippen LogP contribution in [0.2, 0.25) is 5.02 Å². The van der Waals surface area contributed by atoms with Gasteiger partial charge < -0.3 is 5.32 Å². The van der Waals surface area contributed by atoms with Gasteiger partial charge in [0.2, 0.25) is 0 Å². The molecule has 18 heavy (non-hydrogen) atoms. The van der Waals surface area contributed by atoms with Crippen molar-refractivity contribution >= 4 is 11.6 Å². The van der Waals surface area contributed by atoms with Gasteiger partial charge in [0.1, 0.15) is 0 Å². The van der Waals surface area contributed by atoms with Crippen molar-refractivity contribution in [1.29, 1.82) is 0 Å². The second-order valence-corrected chi connectivity index (χ2v) is 6.89. The minimum Gasteiger partial charge on any atom is -0.314 e. The predicted octanol–water partition coefficient (Wildman–Crippen LogP) is 4.54. The van der Waals surface area contributed by atoms with Gasteiger partial charge in [0.25, 0.3) is 0 Å². The van der Waals surface area contributed by atoms with Crippen molar-refractivity contribution in [3.8, 4) is 0 Å². The van der Waals surface area contributed by atoms with Crippen LogP contribution in [0.15, 0.2) is 24.3 Å². The summed E-state index contributed by atoms with van der Waals surface area (Å²) in [5.41, 5.74) is 1.67. The predicted molar refractivity (Wildman–Crippen MR) is 81.2 cm³/mol. The van der Waals surface area contributed by atoms with Crippen molar-refractivity contribution in [2.75, 3.05) is 6.54 Å². The van der Waals surface area contributed by atoms with Crippen molar-refractivity contribution in [3.63, 3.8) is 0 Å². The van der Waals surface area contributed by atoms with Gasteiger partial charge in [-0.1, -0.05) is 58.4 Å². The van der Waals surface area contributed by atoms with E-state index in [-0.39, 0.29) is 0 Å². The Labute approximate surface area is 117 Å². The summed E-state index contributed by atoms with van der Waals surface area (Å²) in [5, 5.41) is 4.37. The lowest BCUT2D eigenvalue weighted by atomic mass is 9.77. The zero-order valence-electron chi connectivity index (χ0n) is 12.3. The van der Waals surface area contributed by atoms with Gasteiger partial charge in [-0.25, -0.2) is 0 Å². The molecule has 0 aliphatic rings. The molecule has 1 unspecified atom stereocenters. The van der Waals surface area contributed by atoms with Gasteiger partial charge in [-0.3, -0.25) is 0 Å². The van der Waals surface area contributed by atoms with Crippen LogP contribution < -0.4 is 5.32 Å². The number of nitrogens with one attached hydrogen (secondary N) is 1. The van der Waals surface area contributed by atoms with Gasteiger partial charge in [0.15, 0.2) is 0 Å². The minimum atomic E-state index is 0.307. The summed E-state index contributed by atoms with van der Waals surface area (Å²) < 4.78 is 0. The first-order valence-electron chi connectivity index (χ1n) is 6.77. The molecule has 0 bridgehead atoms. The van der Waals surface area contributed by atoms with E-state index in [2.05, 4.69) is 52.1 Å². The Morgan fingerprint density at radius 1 is 1.11 bits per heavy atom. The summed E-state index contributed by atoms with van der Waals surface area (Å²) in [7, 11) is 0. The van der Waals surface area contributed by atoms with Crippen molar-refractivity contribution in [2.45, 2.75) is 47.1 Å². The smallest absolute Gasteiger partial charge is 0.0406 e. The van der Waals surface area contributed by atoms with E-state index in [1.807, 2.05) is 12.1 Å². The second kappa shape index (κ2) is 6.58. The molecule has 1 aromatic carbocycles. The molecular formula is C16H26ClN. The van der Waals surface area contributed by atoms with E-state index < -0.39 is 0 Å². The van der Waals surface area contributed by atoms with Gasteiger partial charge in [0, 0.05) is 11.1 Å². The lowest BCUT2D eigenvalue weighted by molar-refractivity contribution is 0.226. The zero-order chi connectivity index (χ0) is 13.8. The first-order chi connectivity index (χ1) is 8.29. The fourth-order valence-electron chi connectivity index (χ4n) is 1.97.